The molecule has 1 aromatic heterocycles. The Bertz CT molecular complexity index is 522. The Labute approximate surface area is 120 Å². The highest BCUT2D eigenvalue weighted by molar-refractivity contribution is 5.29. The predicted molar refractivity (Wildman–Crippen MR) is 81.4 cm³/mol. The van der Waals surface area contributed by atoms with Gasteiger partial charge in [0.15, 0.2) is 0 Å². The molecule has 0 aliphatic rings. The first-order valence-corrected chi connectivity index (χ1v) is 6.77. The van der Waals surface area contributed by atoms with E-state index in [2.05, 4.69) is 28.9 Å². The van der Waals surface area contributed by atoms with Crippen molar-refractivity contribution in [2.45, 2.75) is 20.0 Å². The van der Waals surface area contributed by atoms with E-state index in [1.807, 2.05) is 30.5 Å². The topological polar surface area (TPSA) is 51.4 Å². The van der Waals surface area contributed by atoms with Gasteiger partial charge in [0, 0.05) is 19.3 Å². The van der Waals surface area contributed by atoms with E-state index in [0.717, 1.165) is 25.4 Å². The Hall–Kier alpha value is -2.07. The molecule has 0 saturated heterocycles. The average Bonchev–Trinajstić information content (AvgIpc) is 2.49. The Morgan fingerprint density at radius 1 is 1.05 bits per heavy atom. The fourth-order valence-electron chi connectivity index (χ4n) is 2.06. The van der Waals surface area contributed by atoms with Crippen molar-refractivity contribution in [1.82, 2.24) is 9.88 Å². The molecule has 20 heavy (non-hydrogen) atoms. The van der Waals surface area contributed by atoms with Crippen LogP contribution in [-0.4, -0.2) is 23.5 Å². The molecular formula is C16H21N3O. The lowest BCUT2D eigenvalue weighted by atomic mass is 10.2. The summed E-state index contributed by atoms with van der Waals surface area (Å²) < 4.78 is 5.17. The lowest BCUT2D eigenvalue weighted by molar-refractivity contribution is 0.271. The highest BCUT2D eigenvalue weighted by Gasteiger charge is 2.05. The van der Waals surface area contributed by atoms with Crippen LogP contribution in [0.4, 0.5) is 5.82 Å². The number of benzene rings is 1. The number of methoxy groups -OCH3 is 1. The maximum atomic E-state index is 5.60. The highest BCUT2D eigenvalue weighted by atomic mass is 16.5. The standard InChI is InChI=1S/C16H21N3O/c1-3-19(12-14-6-9-16(17)18-10-14)11-13-4-7-15(20-2)8-5-13/h4-10H,3,11-12H2,1-2H3,(H2,17,18). The van der Waals surface area contributed by atoms with Gasteiger partial charge in [-0.2, -0.15) is 0 Å². The summed E-state index contributed by atoms with van der Waals surface area (Å²) in [5, 5.41) is 0. The molecule has 0 spiro atoms. The molecule has 0 unspecified atom stereocenters. The van der Waals surface area contributed by atoms with E-state index in [4.69, 9.17) is 10.5 Å². The van der Waals surface area contributed by atoms with Crippen molar-refractivity contribution >= 4 is 5.82 Å². The number of rotatable bonds is 6. The van der Waals surface area contributed by atoms with Gasteiger partial charge in [0.25, 0.3) is 0 Å². The molecule has 0 aliphatic carbocycles. The Kier molecular flexibility index (Phi) is 4.96. The first-order valence-electron chi connectivity index (χ1n) is 6.77. The highest BCUT2D eigenvalue weighted by Crippen LogP contribution is 2.14. The van der Waals surface area contributed by atoms with Gasteiger partial charge >= 0.3 is 0 Å². The lowest BCUT2D eigenvalue weighted by Gasteiger charge is -2.20. The minimum Gasteiger partial charge on any atom is -0.497 e. The van der Waals surface area contributed by atoms with Crippen LogP contribution < -0.4 is 10.5 Å². The maximum Gasteiger partial charge on any atom is 0.123 e. The number of ether oxygens (including phenoxy) is 1. The molecule has 2 rings (SSSR count). The van der Waals surface area contributed by atoms with Gasteiger partial charge in [-0.25, -0.2) is 4.98 Å². The number of hydrogen-bond acceptors (Lipinski definition) is 4. The van der Waals surface area contributed by atoms with Crippen LogP contribution in [-0.2, 0) is 13.1 Å². The molecule has 106 valence electrons. The largest absolute Gasteiger partial charge is 0.497 e. The molecule has 2 aromatic rings. The number of nitrogens with two attached hydrogens (primary N) is 1. The van der Waals surface area contributed by atoms with Crippen molar-refractivity contribution in [2.24, 2.45) is 0 Å². The third kappa shape index (κ3) is 3.96. The predicted octanol–water partition coefficient (Wildman–Crippen LogP) is 2.69. The van der Waals surface area contributed by atoms with Crippen molar-refractivity contribution in [3.8, 4) is 5.75 Å². The molecule has 0 aliphatic heterocycles. The van der Waals surface area contributed by atoms with Crippen molar-refractivity contribution in [3.63, 3.8) is 0 Å². The number of aromatic nitrogens is 1. The van der Waals surface area contributed by atoms with E-state index in [1.54, 1.807) is 7.11 Å². The van der Waals surface area contributed by atoms with Gasteiger partial charge in [-0.3, -0.25) is 4.90 Å². The molecule has 4 nitrogen and oxygen atoms in total. The van der Waals surface area contributed by atoms with E-state index < -0.39 is 0 Å². The van der Waals surface area contributed by atoms with Crippen LogP contribution in [0.1, 0.15) is 18.1 Å². The summed E-state index contributed by atoms with van der Waals surface area (Å²) in [5.41, 5.74) is 8.05. The molecule has 0 radical (unpaired) electrons. The van der Waals surface area contributed by atoms with Crippen molar-refractivity contribution in [2.75, 3.05) is 19.4 Å². The van der Waals surface area contributed by atoms with Gasteiger partial charge in [0.2, 0.25) is 0 Å². The second-order valence-corrected chi connectivity index (χ2v) is 4.74. The number of pyridine rings is 1. The minimum absolute atomic E-state index is 0.562. The third-order valence-electron chi connectivity index (χ3n) is 3.27. The van der Waals surface area contributed by atoms with E-state index in [1.165, 1.54) is 11.1 Å². The van der Waals surface area contributed by atoms with Crippen molar-refractivity contribution < 1.29 is 4.74 Å². The summed E-state index contributed by atoms with van der Waals surface area (Å²) in [6.45, 7) is 4.92. The molecule has 0 fully saturated rings. The molecule has 1 heterocycles. The number of nitrogens with zero attached hydrogens (tertiary/aromatic N) is 2. The van der Waals surface area contributed by atoms with E-state index >= 15 is 0 Å². The SMILES string of the molecule is CCN(Cc1ccc(OC)cc1)Cc1ccc(N)nc1. The van der Waals surface area contributed by atoms with Crippen molar-refractivity contribution in [1.29, 1.82) is 0 Å². The molecule has 0 bridgehead atoms. The van der Waals surface area contributed by atoms with Crippen LogP contribution in [0.2, 0.25) is 0 Å². The van der Waals surface area contributed by atoms with Crippen LogP contribution in [0.25, 0.3) is 0 Å². The van der Waals surface area contributed by atoms with Crippen LogP contribution in [0.15, 0.2) is 42.6 Å². The summed E-state index contributed by atoms with van der Waals surface area (Å²) in [6.07, 6.45) is 1.84. The molecular weight excluding hydrogens is 250 g/mol. The number of anilines is 1. The Morgan fingerprint density at radius 3 is 2.25 bits per heavy atom. The second-order valence-electron chi connectivity index (χ2n) is 4.74. The Balaban J connectivity index is 1.99. The fourth-order valence-corrected chi connectivity index (χ4v) is 2.06. The van der Waals surface area contributed by atoms with Gasteiger partial charge in [-0.05, 0) is 35.9 Å². The van der Waals surface area contributed by atoms with Crippen molar-refractivity contribution in [3.05, 3.63) is 53.7 Å². The smallest absolute Gasteiger partial charge is 0.123 e. The second kappa shape index (κ2) is 6.91. The maximum absolute atomic E-state index is 5.60. The van der Waals surface area contributed by atoms with E-state index in [0.29, 0.717) is 5.82 Å². The van der Waals surface area contributed by atoms with Gasteiger partial charge in [-0.1, -0.05) is 25.1 Å². The zero-order chi connectivity index (χ0) is 14.4. The van der Waals surface area contributed by atoms with E-state index in [9.17, 15) is 0 Å². The monoisotopic (exact) mass is 271 g/mol. The summed E-state index contributed by atoms with van der Waals surface area (Å²) >= 11 is 0. The molecule has 0 saturated carbocycles. The average molecular weight is 271 g/mol. The molecule has 4 heteroatoms. The molecule has 0 amide bonds. The molecule has 1 aromatic carbocycles. The zero-order valence-corrected chi connectivity index (χ0v) is 12.0. The van der Waals surface area contributed by atoms with Gasteiger partial charge in [0.05, 0.1) is 7.11 Å². The summed E-state index contributed by atoms with van der Waals surface area (Å²) in [7, 11) is 1.68. The van der Waals surface area contributed by atoms with Gasteiger partial charge in [-0.15, -0.1) is 0 Å². The molecule has 2 N–H and O–H groups in total. The summed E-state index contributed by atoms with van der Waals surface area (Å²) in [4.78, 5) is 6.49. The number of hydrogen-bond donors (Lipinski definition) is 1. The molecule has 0 atom stereocenters. The van der Waals surface area contributed by atoms with Gasteiger partial charge in [0.1, 0.15) is 11.6 Å². The third-order valence-corrected chi connectivity index (χ3v) is 3.27. The van der Waals surface area contributed by atoms with Crippen LogP contribution in [0.5, 0.6) is 5.75 Å². The summed E-state index contributed by atoms with van der Waals surface area (Å²) in [5.74, 6) is 1.45. The van der Waals surface area contributed by atoms with Crippen LogP contribution >= 0.6 is 0 Å². The first kappa shape index (κ1) is 14.3. The van der Waals surface area contributed by atoms with Crippen LogP contribution in [0, 0.1) is 0 Å². The lowest BCUT2D eigenvalue weighted by Crippen LogP contribution is -2.22. The Morgan fingerprint density at radius 2 is 1.70 bits per heavy atom. The fraction of sp³-hybridized carbons (Fsp3) is 0.312. The normalized spacial score (nSPS) is 10.8. The zero-order valence-electron chi connectivity index (χ0n) is 12.0. The quantitative estimate of drug-likeness (QED) is 0.877. The van der Waals surface area contributed by atoms with Gasteiger partial charge < -0.3 is 10.5 Å². The number of nitrogen functional groups attached to an aromatic ring is 1. The van der Waals surface area contributed by atoms with E-state index in [-0.39, 0.29) is 0 Å². The first-order chi connectivity index (χ1) is 9.71. The van der Waals surface area contributed by atoms with Crippen LogP contribution in [0.3, 0.4) is 0 Å². The minimum atomic E-state index is 0.562. The summed E-state index contributed by atoms with van der Waals surface area (Å²) in [6, 6.07) is 12.1.